The Balaban J connectivity index is 1.47. The van der Waals surface area contributed by atoms with Gasteiger partial charge in [-0.05, 0) is 90.9 Å². The quantitative estimate of drug-likeness (QED) is 0.411. The van der Waals surface area contributed by atoms with E-state index in [1.807, 2.05) is 18.2 Å². The minimum atomic E-state index is -1.20. The van der Waals surface area contributed by atoms with E-state index in [9.17, 15) is 4.79 Å². The van der Waals surface area contributed by atoms with Gasteiger partial charge in [0.1, 0.15) is 11.6 Å². The molecule has 0 bridgehead atoms. The average Bonchev–Trinajstić information content (AvgIpc) is 2.86. The van der Waals surface area contributed by atoms with Crippen molar-refractivity contribution in [2.75, 3.05) is 22.9 Å². The smallest absolute Gasteiger partial charge is 0.346 e. The van der Waals surface area contributed by atoms with Crippen molar-refractivity contribution < 1.29 is 9.90 Å². The molecule has 2 aliphatic rings. The van der Waals surface area contributed by atoms with Gasteiger partial charge in [0, 0.05) is 35.8 Å². The Morgan fingerprint density at radius 2 is 1.48 bits per heavy atom. The topological polar surface area (TPSA) is 67.6 Å². The van der Waals surface area contributed by atoms with Crippen molar-refractivity contribution >= 4 is 34.8 Å². The van der Waals surface area contributed by atoms with Crippen molar-refractivity contribution in [1.29, 1.82) is 5.26 Å². The maximum absolute atomic E-state index is 11.2. The molecule has 3 aromatic rings. The predicted octanol–water partition coefficient (Wildman–Crippen LogP) is 5.85. The first-order chi connectivity index (χ1) is 16.1. The molecule has 33 heavy (non-hydrogen) atoms. The molecule has 0 amide bonds. The first-order valence-electron chi connectivity index (χ1n) is 11.3. The van der Waals surface area contributed by atoms with Gasteiger partial charge in [-0.15, -0.1) is 0 Å². The monoisotopic (exact) mass is 435 g/mol. The molecule has 0 saturated heterocycles. The normalized spacial score (nSPS) is 15.4. The summed E-state index contributed by atoms with van der Waals surface area (Å²) in [6.07, 6.45) is 5.61. The summed E-state index contributed by atoms with van der Waals surface area (Å²) in [4.78, 5) is 16.0. The fraction of sp³-hybridized carbons (Fsp3) is 0.214. The number of para-hydroxylation sites is 1. The second-order valence-corrected chi connectivity index (χ2v) is 8.52. The van der Waals surface area contributed by atoms with E-state index in [0.717, 1.165) is 50.0 Å². The third-order valence-electron chi connectivity index (χ3n) is 6.45. The number of carboxylic acids is 1. The number of fused-ring (bicyclic) bond motifs is 2. The number of hydrogen-bond donors (Lipinski definition) is 1. The highest BCUT2D eigenvalue weighted by Crippen LogP contribution is 2.39. The Labute approximate surface area is 193 Å². The van der Waals surface area contributed by atoms with Gasteiger partial charge in [0.05, 0.1) is 0 Å². The van der Waals surface area contributed by atoms with Crippen LogP contribution in [0.5, 0.6) is 0 Å². The molecule has 0 radical (unpaired) electrons. The first kappa shape index (κ1) is 20.8. The standard InChI is InChI=1S/C28H25N3O2/c29-19-23(28(32)33)17-20-10-12-26-21(16-20)6-4-15-31(26)25-11-13-27-22(18-25)7-5-14-30(27)24-8-2-1-3-9-24/h1-3,8-13,16-18H,4-7,14-15H2,(H,32,33)/b23-17+. The summed E-state index contributed by atoms with van der Waals surface area (Å²) in [6.45, 7) is 1.97. The number of anilines is 4. The van der Waals surface area contributed by atoms with Gasteiger partial charge in [0.15, 0.2) is 0 Å². The molecule has 0 atom stereocenters. The van der Waals surface area contributed by atoms with Crippen molar-refractivity contribution in [3.63, 3.8) is 0 Å². The first-order valence-corrected chi connectivity index (χ1v) is 11.3. The number of hydrogen-bond acceptors (Lipinski definition) is 4. The zero-order chi connectivity index (χ0) is 22.8. The number of nitrogens with zero attached hydrogens (tertiary/aromatic N) is 3. The summed E-state index contributed by atoms with van der Waals surface area (Å²) in [5, 5.41) is 18.2. The van der Waals surface area contributed by atoms with E-state index < -0.39 is 5.97 Å². The van der Waals surface area contributed by atoms with Crippen LogP contribution in [0.15, 0.2) is 72.3 Å². The maximum atomic E-state index is 11.2. The molecule has 5 rings (SSSR count). The lowest BCUT2D eigenvalue weighted by atomic mass is 9.96. The Hall–Kier alpha value is -4.04. The second kappa shape index (κ2) is 8.84. The van der Waals surface area contributed by atoms with Gasteiger partial charge in [0.2, 0.25) is 0 Å². The van der Waals surface area contributed by atoms with E-state index in [1.165, 1.54) is 34.3 Å². The number of nitriles is 1. The zero-order valence-corrected chi connectivity index (χ0v) is 18.4. The van der Waals surface area contributed by atoms with Gasteiger partial charge in [-0.1, -0.05) is 24.3 Å². The number of carbonyl (C=O) groups is 1. The molecule has 5 heteroatoms. The fourth-order valence-electron chi connectivity index (χ4n) is 4.91. The number of aryl methyl sites for hydroxylation is 2. The third kappa shape index (κ3) is 4.08. The van der Waals surface area contributed by atoms with Gasteiger partial charge in [-0.3, -0.25) is 0 Å². The number of aliphatic carboxylic acids is 1. The van der Waals surface area contributed by atoms with Gasteiger partial charge < -0.3 is 14.9 Å². The highest BCUT2D eigenvalue weighted by Gasteiger charge is 2.23. The van der Waals surface area contributed by atoms with Gasteiger partial charge >= 0.3 is 5.97 Å². The van der Waals surface area contributed by atoms with E-state index in [0.29, 0.717) is 0 Å². The van der Waals surface area contributed by atoms with Crippen LogP contribution in [0, 0.1) is 11.3 Å². The van der Waals surface area contributed by atoms with Crippen molar-refractivity contribution in [2.24, 2.45) is 0 Å². The fourth-order valence-corrected chi connectivity index (χ4v) is 4.91. The predicted molar refractivity (Wildman–Crippen MR) is 131 cm³/mol. The molecule has 164 valence electrons. The van der Waals surface area contributed by atoms with Crippen LogP contribution >= 0.6 is 0 Å². The molecule has 0 unspecified atom stereocenters. The Morgan fingerprint density at radius 1 is 0.848 bits per heavy atom. The molecule has 0 saturated carbocycles. The molecule has 3 aromatic carbocycles. The number of carboxylic acid groups (broad SMARTS) is 1. The minimum Gasteiger partial charge on any atom is -0.477 e. The van der Waals surface area contributed by atoms with Crippen LogP contribution in [-0.4, -0.2) is 24.2 Å². The lowest BCUT2D eigenvalue weighted by Crippen LogP contribution is -2.27. The molecule has 2 heterocycles. The van der Waals surface area contributed by atoms with Crippen LogP contribution in [0.4, 0.5) is 22.7 Å². The lowest BCUT2D eigenvalue weighted by molar-refractivity contribution is -0.132. The van der Waals surface area contributed by atoms with Crippen molar-refractivity contribution in [3.8, 4) is 6.07 Å². The summed E-state index contributed by atoms with van der Waals surface area (Å²) in [5.41, 5.74) is 7.91. The summed E-state index contributed by atoms with van der Waals surface area (Å²) in [6, 6.07) is 25.0. The highest BCUT2D eigenvalue weighted by molar-refractivity contribution is 5.96. The molecular weight excluding hydrogens is 410 g/mol. The highest BCUT2D eigenvalue weighted by atomic mass is 16.4. The molecule has 0 spiro atoms. The van der Waals surface area contributed by atoms with E-state index >= 15 is 0 Å². The van der Waals surface area contributed by atoms with E-state index in [1.54, 1.807) is 6.07 Å². The zero-order valence-electron chi connectivity index (χ0n) is 18.4. The Bertz CT molecular complexity index is 1270. The van der Waals surface area contributed by atoms with Crippen molar-refractivity contribution in [1.82, 2.24) is 0 Å². The summed E-state index contributed by atoms with van der Waals surface area (Å²) in [7, 11) is 0. The molecule has 1 N–H and O–H groups in total. The van der Waals surface area contributed by atoms with Crippen LogP contribution < -0.4 is 9.80 Å². The lowest BCUT2D eigenvalue weighted by Gasteiger charge is -2.35. The van der Waals surface area contributed by atoms with Gasteiger partial charge in [0.25, 0.3) is 0 Å². The number of rotatable bonds is 4. The molecule has 0 fully saturated rings. The summed E-state index contributed by atoms with van der Waals surface area (Å²) in [5.74, 6) is -1.20. The van der Waals surface area contributed by atoms with Crippen LogP contribution in [-0.2, 0) is 17.6 Å². The van der Waals surface area contributed by atoms with Crippen LogP contribution in [0.1, 0.15) is 29.5 Å². The van der Waals surface area contributed by atoms with E-state index in [2.05, 4.69) is 58.3 Å². The average molecular weight is 436 g/mol. The maximum Gasteiger partial charge on any atom is 0.346 e. The van der Waals surface area contributed by atoms with Crippen LogP contribution in [0.3, 0.4) is 0 Å². The SMILES string of the molecule is N#C/C(=C\c1ccc2c(c1)CCCN2c1ccc2c(c1)CCCN2c1ccccc1)C(=O)O. The van der Waals surface area contributed by atoms with Crippen LogP contribution in [0.2, 0.25) is 0 Å². The molecule has 5 nitrogen and oxygen atoms in total. The minimum absolute atomic E-state index is 0.250. The van der Waals surface area contributed by atoms with E-state index in [4.69, 9.17) is 10.4 Å². The van der Waals surface area contributed by atoms with Crippen LogP contribution in [0.25, 0.3) is 6.08 Å². The van der Waals surface area contributed by atoms with Crippen molar-refractivity contribution in [3.05, 3.63) is 89.0 Å². The summed E-state index contributed by atoms with van der Waals surface area (Å²) < 4.78 is 0. The molecule has 2 aliphatic heterocycles. The van der Waals surface area contributed by atoms with E-state index in [-0.39, 0.29) is 5.57 Å². The molecular formula is C28H25N3O2. The second-order valence-electron chi connectivity index (χ2n) is 8.52. The van der Waals surface area contributed by atoms with Crippen molar-refractivity contribution in [2.45, 2.75) is 25.7 Å². The third-order valence-corrected chi connectivity index (χ3v) is 6.45. The van der Waals surface area contributed by atoms with Gasteiger partial charge in [-0.2, -0.15) is 5.26 Å². The largest absolute Gasteiger partial charge is 0.477 e. The Kier molecular flexibility index (Phi) is 5.58. The molecule has 0 aliphatic carbocycles. The van der Waals surface area contributed by atoms with Gasteiger partial charge in [-0.25, -0.2) is 4.79 Å². The molecule has 0 aromatic heterocycles. The Morgan fingerprint density at radius 3 is 2.15 bits per heavy atom. The summed E-state index contributed by atoms with van der Waals surface area (Å²) >= 11 is 0. The number of benzene rings is 3.